The molecular weight excluding hydrogens is 873 g/mol. The zero-order valence-electron chi connectivity index (χ0n) is 36.8. The molecule has 63 heavy (non-hydrogen) atoms. The Hall–Kier alpha value is -3.34. The van der Waals surface area contributed by atoms with E-state index < -0.39 is 28.1 Å². The van der Waals surface area contributed by atoms with Crippen molar-refractivity contribution in [1.29, 1.82) is 0 Å². The van der Waals surface area contributed by atoms with Gasteiger partial charge in [0.2, 0.25) is 5.69 Å². The van der Waals surface area contributed by atoms with E-state index in [1.807, 2.05) is 24.3 Å². The average Bonchev–Trinajstić information content (AvgIpc) is 3.54. The van der Waals surface area contributed by atoms with Crippen molar-refractivity contribution < 1.29 is 78.9 Å². The van der Waals surface area contributed by atoms with Crippen LogP contribution in [0.1, 0.15) is 89.3 Å². The SMILES string of the molecule is CC1(C)C(=CC=C2CCCC(C=CC3=[N+](CCCCS(=O)(=O)O)c4ccccc4C3(C)C)=C2NCCc2ccc(OP(=O)([O-])O)cc2)N(CCCCS(=O)(=O)O)c2ccccc21.[Na+]. The summed E-state index contributed by atoms with van der Waals surface area (Å²) < 4.78 is 82.8. The van der Waals surface area contributed by atoms with E-state index in [9.17, 15) is 35.4 Å². The summed E-state index contributed by atoms with van der Waals surface area (Å²) in [5.74, 6) is -0.556. The third kappa shape index (κ3) is 13.2. The van der Waals surface area contributed by atoms with Crippen LogP contribution in [0.5, 0.6) is 5.75 Å². The molecule has 0 aromatic heterocycles. The number of para-hydroxylation sites is 2. The number of hydrogen-bond donors (Lipinski definition) is 4. The van der Waals surface area contributed by atoms with E-state index in [0.717, 1.165) is 64.5 Å². The van der Waals surface area contributed by atoms with Gasteiger partial charge in [-0.2, -0.15) is 21.4 Å². The summed E-state index contributed by atoms with van der Waals surface area (Å²) in [5, 5.41) is 3.75. The maximum absolute atomic E-state index is 11.5. The van der Waals surface area contributed by atoms with Crippen LogP contribution in [0.3, 0.4) is 0 Å². The molecule has 0 saturated heterocycles. The third-order valence-electron chi connectivity index (χ3n) is 11.9. The second kappa shape index (κ2) is 20.9. The van der Waals surface area contributed by atoms with Crippen molar-refractivity contribution in [1.82, 2.24) is 5.32 Å². The van der Waals surface area contributed by atoms with Crippen LogP contribution in [0.2, 0.25) is 0 Å². The number of rotatable bonds is 19. The van der Waals surface area contributed by atoms with Gasteiger partial charge < -0.3 is 24.5 Å². The second-order valence-electron chi connectivity index (χ2n) is 17.2. The molecular formula is C46H58N3NaO10PS2+. The first-order valence-electron chi connectivity index (χ1n) is 21.0. The first-order valence-corrected chi connectivity index (χ1v) is 25.8. The van der Waals surface area contributed by atoms with E-state index in [4.69, 9.17) is 4.89 Å². The minimum Gasteiger partial charge on any atom is -0.746 e. The second-order valence-corrected chi connectivity index (χ2v) is 21.4. The molecule has 17 heteroatoms. The molecule has 1 atom stereocenters. The van der Waals surface area contributed by atoms with Gasteiger partial charge in [0.25, 0.3) is 20.2 Å². The molecule has 3 aromatic rings. The minimum atomic E-state index is -4.93. The largest absolute Gasteiger partial charge is 1.00 e. The smallest absolute Gasteiger partial charge is 0.746 e. The van der Waals surface area contributed by atoms with Gasteiger partial charge in [0, 0.05) is 59.7 Å². The van der Waals surface area contributed by atoms with Gasteiger partial charge in [-0.15, -0.1) is 0 Å². The van der Waals surface area contributed by atoms with Crippen molar-refractivity contribution in [2.75, 3.05) is 36.0 Å². The van der Waals surface area contributed by atoms with Crippen molar-refractivity contribution in [3.8, 4) is 5.75 Å². The van der Waals surface area contributed by atoms with Gasteiger partial charge in [-0.3, -0.25) is 13.7 Å². The van der Waals surface area contributed by atoms with E-state index in [1.165, 1.54) is 23.3 Å². The molecule has 0 bridgehead atoms. The van der Waals surface area contributed by atoms with Crippen molar-refractivity contribution >= 4 is 45.1 Å². The molecule has 3 aromatic carbocycles. The Kier molecular flexibility index (Phi) is 16.8. The number of nitrogens with zero attached hydrogens (tertiary/aromatic N) is 2. The van der Waals surface area contributed by atoms with Gasteiger partial charge in [0.1, 0.15) is 12.3 Å². The summed E-state index contributed by atoms with van der Waals surface area (Å²) in [5.41, 5.74) is 10.2. The molecule has 2 aliphatic heterocycles. The van der Waals surface area contributed by atoms with Crippen LogP contribution in [-0.4, -0.2) is 72.3 Å². The molecule has 0 saturated carbocycles. The first kappa shape index (κ1) is 50.7. The Labute approximate surface area is 394 Å². The predicted octanol–water partition coefficient (Wildman–Crippen LogP) is 4.68. The van der Waals surface area contributed by atoms with Gasteiger partial charge >= 0.3 is 37.4 Å². The Morgan fingerprint density at radius 2 is 1.46 bits per heavy atom. The Bertz CT molecular complexity index is 2580. The van der Waals surface area contributed by atoms with Gasteiger partial charge in [-0.1, -0.05) is 74.5 Å². The molecule has 334 valence electrons. The summed E-state index contributed by atoms with van der Waals surface area (Å²) in [4.78, 5) is 22.6. The summed E-state index contributed by atoms with van der Waals surface area (Å²) in [6.45, 7) is 10.5. The fourth-order valence-electron chi connectivity index (χ4n) is 8.90. The van der Waals surface area contributed by atoms with Crippen LogP contribution in [0, 0.1) is 0 Å². The number of nitrogens with one attached hydrogen (secondary N) is 1. The van der Waals surface area contributed by atoms with Crippen LogP contribution in [0.15, 0.2) is 120 Å². The van der Waals surface area contributed by atoms with Gasteiger partial charge in [-0.05, 0) is 105 Å². The Balaban J connectivity index is 0.00000748. The van der Waals surface area contributed by atoms with Crippen LogP contribution in [0.25, 0.3) is 0 Å². The fourth-order valence-corrected chi connectivity index (χ4v) is 10.4. The molecule has 6 rings (SSSR count). The van der Waals surface area contributed by atoms with E-state index in [0.29, 0.717) is 51.7 Å². The Morgan fingerprint density at radius 3 is 2.13 bits per heavy atom. The van der Waals surface area contributed by atoms with Crippen molar-refractivity contribution in [3.05, 3.63) is 136 Å². The number of benzene rings is 3. The number of unbranched alkanes of at least 4 members (excludes halogenated alkanes) is 2. The van der Waals surface area contributed by atoms with E-state index in [1.54, 1.807) is 12.1 Å². The summed E-state index contributed by atoms with van der Waals surface area (Å²) in [6.07, 6.45) is 13.7. The fraction of sp³-hybridized carbons (Fsp3) is 0.413. The zero-order chi connectivity index (χ0) is 44.9. The van der Waals surface area contributed by atoms with Gasteiger partial charge in [0.15, 0.2) is 5.71 Å². The molecule has 13 nitrogen and oxygen atoms in total. The normalized spacial score (nSPS) is 19.3. The number of fused-ring (bicyclic) bond motifs is 2. The molecule has 2 heterocycles. The van der Waals surface area contributed by atoms with E-state index in [-0.39, 0.29) is 57.6 Å². The predicted molar refractivity (Wildman–Crippen MR) is 242 cm³/mol. The van der Waals surface area contributed by atoms with Crippen LogP contribution in [0.4, 0.5) is 11.4 Å². The van der Waals surface area contributed by atoms with Crippen LogP contribution >= 0.6 is 7.82 Å². The van der Waals surface area contributed by atoms with E-state index >= 15 is 0 Å². The topological polar surface area (TPSA) is 197 Å². The van der Waals surface area contributed by atoms with Crippen LogP contribution < -0.4 is 49.2 Å². The molecule has 0 radical (unpaired) electrons. The molecule has 0 amide bonds. The zero-order valence-corrected chi connectivity index (χ0v) is 41.3. The van der Waals surface area contributed by atoms with E-state index in [2.05, 4.69) is 95.6 Å². The number of phosphoric ester groups is 1. The molecule has 3 aliphatic rings. The monoisotopic (exact) mass is 930 g/mol. The maximum atomic E-state index is 11.5. The summed E-state index contributed by atoms with van der Waals surface area (Å²) in [7, 11) is -13.0. The van der Waals surface area contributed by atoms with Gasteiger partial charge in [-0.25, -0.2) is 0 Å². The average molecular weight is 931 g/mol. The summed E-state index contributed by atoms with van der Waals surface area (Å²) >= 11 is 0. The summed E-state index contributed by atoms with van der Waals surface area (Å²) in [6, 6.07) is 23.0. The number of allylic oxidation sites excluding steroid dienone is 7. The standard InChI is InChI=1S/C46H58N3O10PS2.Na/c1-45(2)38-16-5-7-18-40(38)48(30-9-11-32-61(53,54)55)42(45)26-22-35-14-13-15-36(44(35)47-29-28-34-20-24-37(25-21-34)59-60(50,51)52)23-27-43-46(3,4)39-17-6-8-19-41(39)49(43)31-10-12-33-62(56,57)58;/h5-8,16-27H,9-15,28-33H2,1-4H3,(H4,50,51,52,53,54,55,56,57,58);/q;+1. The van der Waals surface area contributed by atoms with Crippen LogP contribution in [-0.2, 0) is 42.1 Å². The molecule has 0 fully saturated rings. The number of anilines is 1. The van der Waals surface area contributed by atoms with Crippen molar-refractivity contribution in [2.24, 2.45) is 0 Å². The molecule has 4 N–H and O–H groups in total. The molecule has 0 spiro atoms. The molecule has 1 unspecified atom stereocenters. The quantitative estimate of drug-likeness (QED) is 0.0427. The number of hydrogen-bond acceptors (Lipinski definition) is 9. The van der Waals surface area contributed by atoms with Crippen molar-refractivity contribution in [2.45, 2.75) is 89.9 Å². The first-order chi connectivity index (χ1) is 29.1. The molecule has 1 aliphatic carbocycles. The number of phosphoric acid groups is 1. The van der Waals surface area contributed by atoms with Gasteiger partial charge in [0.05, 0.1) is 16.9 Å². The Morgan fingerprint density at radius 1 is 0.825 bits per heavy atom. The third-order valence-corrected chi connectivity index (χ3v) is 14.0. The maximum Gasteiger partial charge on any atom is 1.00 e. The minimum absolute atomic E-state index is 0. The van der Waals surface area contributed by atoms with Crippen molar-refractivity contribution in [3.63, 3.8) is 0 Å².